The van der Waals surface area contributed by atoms with Crippen molar-refractivity contribution in [3.63, 3.8) is 0 Å². The third kappa shape index (κ3) is 4.45. The Labute approximate surface area is 109 Å². The van der Waals surface area contributed by atoms with Gasteiger partial charge in [0, 0.05) is 6.42 Å². The fourth-order valence-electron chi connectivity index (χ4n) is 1.90. The van der Waals surface area contributed by atoms with E-state index >= 15 is 0 Å². The Morgan fingerprint density at radius 1 is 1.00 bits per heavy atom. The molecule has 0 saturated carbocycles. The maximum absolute atomic E-state index is 9.25. The molecule has 18 heavy (non-hydrogen) atoms. The molecule has 0 aliphatic heterocycles. The van der Waals surface area contributed by atoms with E-state index in [9.17, 15) is 10.5 Å². The highest BCUT2D eigenvalue weighted by molar-refractivity contribution is 5.20. The third-order valence-corrected chi connectivity index (χ3v) is 3.11. The molecule has 0 saturated heterocycles. The highest BCUT2D eigenvalue weighted by Crippen LogP contribution is 2.35. The van der Waals surface area contributed by atoms with Gasteiger partial charge in [0.15, 0.2) is 5.41 Å². The van der Waals surface area contributed by atoms with Crippen LogP contribution in [0.5, 0.6) is 0 Å². The molecule has 0 aromatic heterocycles. The van der Waals surface area contributed by atoms with E-state index in [0.29, 0.717) is 32.1 Å². The second-order valence-corrected chi connectivity index (χ2v) is 4.38. The van der Waals surface area contributed by atoms with Crippen LogP contribution in [0.4, 0.5) is 0 Å². The van der Waals surface area contributed by atoms with Crippen molar-refractivity contribution in [2.75, 3.05) is 0 Å². The van der Waals surface area contributed by atoms with E-state index in [4.69, 9.17) is 10.5 Å². The molecular weight excluding hydrogens is 224 g/mol. The minimum Gasteiger partial charge on any atom is -0.198 e. The monoisotopic (exact) mass is 242 g/mol. The van der Waals surface area contributed by atoms with Crippen LogP contribution in [-0.2, 0) is 0 Å². The first-order valence-electron chi connectivity index (χ1n) is 6.29. The van der Waals surface area contributed by atoms with Crippen LogP contribution in [0.15, 0.2) is 0 Å². The lowest BCUT2D eigenvalue weighted by atomic mass is 9.72. The van der Waals surface area contributed by atoms with Gasteiger partial charge in [0.1, 0.15) is 0 Å². The standard InChI is InChI=1S/C14H18N4/c1-2-3-7-13(10-16)14(11-17,12-18)8-5-4-6-9-15/h13H,2-8H2,1H3. The van der Waals surface area contributed by atoms with Crippen LogP contribution < -0.4 is 0 Å². The largest absolute Gasteiger partial charge is 0.198 e. The Balaban J connectivity index is 4.70. The number of nitriles is 4. The van der Waals surface area contributed by atoms with Gasteiger partial charge in [-0.25, -0.2) is 0 Å². The van der Waals surface area contributed by atoms with Gasteiger partial charge in [0.2, 0.25) is 0 Å². The molecular formula is C14H18N4. The maximum atomic E-state index is 9.25. The lowest BCUT2D eigenvalue weighted by molar-refractivity contribution is 0.325. The molecule has 4 nitrogen and oxygen atoms in total. The molecule has 0 amide bonds. The van der Waals surface area contributed by atoms with Crippen molar-refractivity contribution < 1.29 is 0 Å². The summed E-state index contributed by atoms with van der Waals surface area (Å²) in [5, 5.41) is 36.1. The van der Waals surface area contributed by atoms with Crippen molar-refractivity contribution in [3.05, 3.63) is 0 Å². The van der Waals surface area contributed by atoms with Gasteiger partial charge in [-0.3, -0.25) is 0 Å². The quantitative estimate of drug-likeness (QED) is 0.609. The van der Waals surface area contributed by atoms with E-state index in [1.54, 1.807) is 0 Å². The Hall–Kier alpha value is -2.04. The molecule has 0 bridgehead atoms. The zero-order valence-electron chi connectivity index (χ0n) is 10.8. The van der Waals surface area contributed by atoms with Crippen molar-refractivity contribution in [2.24, 2.45) is 11.3 Å². The number of unbranched alkanes of at least 4 members (excludes halogenated alkanes) is 3. The lowest BCUT2D eigenvalue weighted by Gasteiger charge is -2.23. The molecule has 4 heteroatoms. The molecule has 0 N–H and O–H groups in total. The van der Waals surface area contributed by atoms with E-state index in [-0.39, 0.29) is 0 Å². The van der Waals surface area contributed by atoms with Gasteiger partial charge < -0.3 is 0 Å². The Kier molecular flexibility index (Phi) is 8.01. The zero-order chi connectivity index (χ0) is 13.9. The second kappa shape index (κ2) is 9.04. The van der Waals surface area contributed by atoms with Gasteiger partial charge in [-0.1, -0.05) is 19.8 Å². The maximum Gasteiger partial charge on any atom is 0.159 e. The lowest BCUT2D eigenvalue weighted by Crippen LogP contribution is -2.26. The van der Waals surface area contributed by atoms with Crippen molar-refractivity contribution in [2.45, 2.75) is 51.9 Å². The molecule has 0 aromatic rings. The summed E-state index contributed by atoms with van der Waals surface area (Å²) in [4.78, 5) is 0. The van der Waals surface area contributed by atoms with Crippen LogP contribution in [0.1, 0.15) is 51.9 Å². The summed E-state index contributed by atoms with van der Waals surface area (Å²) in [5.41, 5.74) is -1.21. The third-order valence-electron chi connectivity index (χ3n) is 3.11. The summed E-state index contributed by atoms with van der Waals surface area (Å²) in [6, 6.07) is 8.22. The number of hydrogen-bond acceptors (Lipinski definition) is 4. The van der Waals surface area contributed by atoms with E-state index in [1.807, 2.05) is 25.1 Å². The van der Waals surface area contributed by atoms with Crippen molar-refractivity contribution >= 4 is 0 Å². The Morgan fingerprint density at radius 2 is 1.67 bits per heavy atom. The summed E-state index contributed by atoms with van der Waals surface area (Å²) in [6.45, 7) is 2.02. The Morgan fingerprint density at radius 3 is 2.11 bits per heavy atom. The molecule has 94 valence electrons. The number of nitrogens with zero attached hydrogens (tertiary/aromatic N) is 4. The van der Waals surface area contributed by atoms with Gasteiger partial charge in [0.25, 0.3) is 0 Å². The number of hydrogen-bond donors (Lipinski definition) is 0. The van der Waals surface area contributed by atoms with Crippen LogP contribution in [0, 0.1) is 56.7 Å². The van der Waals surface area contributed by atoms with Crippen molar-refractivity contribution in [3.8, 4) is 24.3 Å². The topological polar surface area (TPSA) is 95.2 Å². The van der Waals surface area contributed by atoms with Gasteiger partial charge in [-0.2, -0.15) is 21.0 Å². The van der Waals surface area contributed by atoms with Crippen LogP contribution in [0.3, 0.4) is 0 Å². The van der Waals surface area contributed by atoms with E-state index in [0.717, 1.165) is 12.8 Å². The van der Waals surface area contributed by atoms with Gasteiger partial charge >= 0.3 is 0 Å². The predicted molar refractivity (Wildman–Crippen MR) is 66.4 cm³/mol. The molecule has 0 aliphatic rings. The molecule has 0 spiro atoms. The average Bonchev–Trinajstić information content (AvgIpc) is 2.42. The molecule has 0 aromatic carbocycles. The zero-order valence-corrected chi connectivity index (χ0v) is 10.8. The smallest absolute Gasteiger partial charge is 0.159 e. The molecule has 0 rings (SSSR count). The Bertz CT molecular complexity index is 385. The fourth-order valence-corrected chi connectivity index (χ4v) is 1.90. The summed E-state index contributed by atoms with van der Waals surface area (Å²) in [7, 11) is 0. The molecule has 0 fully saturated rings. The molecule has 0 aliphatic carbocycles. The van der Waals surface area contributed by atoms with E-state index < -0.39 is 11.3 Å². The molecule has 1 atom stereocenters. The predicted octanol–water partition coefficient (Wildman–Crippen LogP) is 3.43. The number of rotatable bonds is 8. The van der Waals surface area contributed by atoms with E-state index in [1.165, 1.54) is 0 Å². The van der Waals surface area contributed by atoms with Crippen molar-refractivity contribution in [1.29, 1.82) is 21.0 Å². The first-order valence-corrected chi connectivity index (χ1v) is 6.29. The van der Waals surface area contributed by atoms with Gasteiger partial charge in [-0.15, -0.1) is 0 Å². The van der Waals surface area contributed by atoms with E-state index in [2.05, 4.69) is 6.07 Å². The minimum atomic E-state index is -1.21. The average molecular weight is 242 g/mol. The highest BCUT2D eigenvalue weighted by Gasteiger charge is 2.38. The fraction of sp³-hybridized carbons (Fsp3) is 0.714. The second-order valence-electron chi connectivity index (χ2n) is 4.38. The summed E-state index contributed by atoms with van der Waals surface area (Å²) >= 11 is 0. The summed E-state index contributed by atoms with van der Waals surface area (Å²) < 4.78 is 0. The molecule has 0 heterocycles. The van der Waals surface area contributed by atoms with Crippen molar-refractivity contribution in [1.82, 2.24) is 0 Å². The highest BCUT2D eigenvalue weighted by atomic mass is 14.5. The summed E-state index contributed by atoms with van der Waals surface area (Å²) in [5.74, 6) is -0.533. The van der Waals surface area contributed by atoms with Crippen LogP contribution in [0.25, 0.3) is 0 Å². The first kappa shape index (κ1) is 16.0. The van der Waals surface area contributed by atoms with Crippen LogP contribution in [-0.4, -0.2) is 0 Å². The van der Waals surface area contributed by atoms with Gasteiger partial charge in [0.05, 0.1) is 30.2 Å². The van der Waals surface area contributed by atoms with Gasteiger partial charge in [-0.05, 0) is 25.7 Å². The normalized spacial score (nSPS) is 11.6. The first-order chi connectivity index (χ1) is 8.70. The minimum absolute atomic E-state index is 0.379. The SMILES string of the molecule is CCCCC(C#N)C(C#N)(C#N)CCCCC#N. The molecule has 1 unspecified atom stereocenters. The summed E-state index contributed by atoms with van der Waals surface area (Å²) in [6.07, 6.45) is 4.50. The van der Waals surface area contributed by atoms with Crippen LogP contribution in [0.2, 0.25) is 0 Å². The molecule has 0 radical (unpaired) electrons. The van der Waals surface area contributed by atoms with Crippen LogP contribution >= 0.6 is 0 Å².